The predicted molar refractivity (Wildman–Crippen MR) is 60.5 cm³/mol. The molecule has 15 heavy (non-hydrogen) atoms. The molecule has 0 aliphatic heterocycles. The van der Waals surface area contributed by atoms with Crippen molar-refractivity contribution in [1.82, 2.24) is 4.98 Å². The molecule has 2 rings (SSSR count). The summed E-state index contributed by atoms with van der Waals surface area (Å²) in [7, 11) is 0. The van der Waals surface area contributed by atoms with Gasteiger partial charge in [0.15, 0.2) is 0 Å². The lowest BCUT2D eigenvalue weighted by atomic mass is 10.1. The molecule has 78 valence electrons. The Hall–Kier alpha value is -1.22. The Morgan fingerprint density at radius 2 is 1.93 bits per heavy atom. The molecule has 0 atom stereocenters. The van der Waals surface area contributed by atoms with E-state index in [-0.39, 0.29) is 5.26 Å². The molecule has 1 aromatic heterocycles. The summed E-state index contributed by atoms with van der Waals surface area (Å²) in [5, 5.41) is 1.46. The lowest BCUT2D eigenvalue weighted by Gasteiger charge is -1.98. The Balaban J connectivity index is 1.80. The third kappa shape index (κ3) is 3.13. The largest absolute Gasteiger partial charge is 0.269 e. The first kappa shape index (κ1) is 10.3. The molecule has 1 heterocycles. The number of aryl methyl sites for hydroxylation is 2. The van der Waals surface area contributed by atoms with Gasteiger partial charge >= 0.3 is 0 Å². The summed E-state index contributed by atoms with van der Waals surface area (Å²) < 4.78 is 12.6. The number of halogens is 1. The second-order valence-electron chi connectivity index (χ2n) is 3.43. The van der Waals surface area contributed by atoms with Crippen molar-refractivity contribution in [3.63, 3.8) is 0 Å². The first-order valence-corrected chi connectivity index (χ1v) is 5.86. The minimum atomic E-state index is -0.329. The van der Waals surface area contributed by atoms with Gasteiger partial charge in [-0.05, 0) is 24.8 Å². The molecule has 3 heteroatoms. The first-order chi connectivity index (χ1) is 7.34. The topological polar surface area (TPSA) is 12.9 Å². The summed E-state index contributed by atoms with van der Waals surface area (Å²) in [6.07, 6.45) is 2.91. The van der Waals surface area contributed by atoms with Crippen LogP contribution in [0.1, 0.15) is 17.7 Å². The van der Waals surface area contributed by atoms with Crippen LogP contribution in [0.3, 0.4) is 0 Å². The lowest BCUT2D eigenvalue weighted by molar-refractivity contribution is 0.609. The highest BCUT2D eigenvalue weighted by atomic mass is 32.1. The molecule has 0 radical (unpaired) electrons. The third-order valence-corrected chi connectivity index (χ3v) is 2.94. The van der Waals surface area contributed by atoms with Crippen molar-refractivity contribution in [2.75, 3.05) is 0 Å². The molecule has 2 aromatic rings. The van der Waals surface area contributed by atoms with Crippen molar-refractivity contribution in [1.29, 1.82) is 0 Å². The lowest BCUT2D eigenvalue weighted by Crippen LogP contribution is -1.90. The van der Waals surface area contributed by atoms with Gasteiger partial charge in [-0.3, -0.25) is 0 Å². The average Bonchev–Trinajstić information content (AvgIpc) is 2.66. The second-order valence-corrected chi connectivity index (χ2v) is 4.24. The van der Waals surface area contributed by atoms with Crippen molar-refractivity contribution in [2.24, 2.45) is 0 Å². The highest BCUT2D eigenvalue weighted by molar-refractivity contribution is 7.08. The van der Waals surface area contributed by atoms with Gasteiger partial charge in [-0.25, -0.2) is 4.98 Å². The van der Waals surface area contributed by atoms with E-state index < -0.39 is 0 Å². The van der Waals surface area contributed by atoms with Crippen molar-refractivity contribution < 1.29 is 4.39 Å². The van der Waals surface area contributed by atoms with Crippen molar-refractivity contribution in [3.8, 4) is 0 Å². The van der Waals surface area contributed by atoms with Crippen LogP contribution < -0.4 is 0 Å². The maximum absolute atomic E-state index is 12.6. The van der Waals surface area contributed by atoms with E-state index in [2.05, 4.69) is 17.1 Å². The Labute approximate surface area is 92.6 Å². The van der Waals surface area contributed by atoms with Gasteiger partial charge in [-0.15, -0.1) is 0 Å². The molecule has 0 N–H and O–H groups in total. The van der Waals surface area contributed by atoms with E-state index >= 15 is 0 Å². The number of aromatic nitrogens is 1. The van der Waals surface area contributed by atoms with Crippen LogP contribution in [0.15, 0.2) is 35.7 Å². The Morgan fingerprint density at radius 3 is 2.60 bits per heavy atom. The molecule has 1 aromatic carbocycles. The van der Waals surface area contributed by atoms with E-state index in [1.54, 1.807) is 5.38 Å². The van der Waals surface area contributed by atoms with Gasteiger partial charge in [0.05, 0.1) is 5.69 Å². The number of hydrogen-bond acceptors (Lipinski definition) is 2. The maximum Gasteiger partial charge on any atom is 0.269 e. The first-order valence-electron chi connectivity index (χ1n) is 4.98. The Morgan fingerprint density at radius 1 is 1.13 bits per heavy atom. The smallest absolute Gasteiger partial charge is 0.215 e. The number of rotatable bonds is 4. The standard InChI is InChI=1S/C12H12FNS/c13-12-14-11(9-15-12)8-4-7-10-5-2-1-3-6-10/h1-3,5-6,9H,4,7-8H2. The Bertz CT molecular complexity index is 411. The molecule has 0 spiro atoms. The summed E-state index contributed by atoms with van der Waals surface area (Å²) in [4.78, 5) is 3.79. The summed E-state index contributed by atoms with van der Waals surface area (Å²) in [5.41, 5.74) is 2.20. The minimum Gasteiger partial charge on any atom is -0.215 e. The van der Waals surface area contributed by atoms with Gasteiger partial charge in [0.2, 0.25) is 0 Å². The molecule has 0 amide bonds. The van der Waals surface area contributed by atoms with Crippen LogP contribution in [0.4, 0.5) is 4.39 Å². The SMILES string of the molecule is Fc1nc(CCCc2ccccc2)cs1. The molecule has 0 aliphatic carbocycles. The molecule has 0 unspecified atom stereocenters. The monoisotopic (exact) mass is 221 g/mol. The summed E-state index contributed by atoms with van der Waals surface area (Å²) in [5.74, 6) is 0. The molecular formula is C12H12FNS. The Kier molecular flexibility index (Phi) is 3.45. The van der Waals surface area contributed by atoms with Gasteiger partial charge in [-0.1, -0.05) is 41.7 Å². The molecule has 1 nitrogen and oxygen atoms in total. The predicted octanol–water partition coefficient (Wildman–Crippen LogP) is 3.46. The van der Waals surface area contributed by atoms with Gasteiger partial charge in [0.1, 0.15) is 0 Å². The number of hydrogen-bond donors (Lipinski definition) is 0. The van der Waals surface area contributed by atoms with Crippen LogP contribution in [0, 0.1) is 5.26 Å². The van der Waals surface area contributed by atoms with Gasteiger partial charge in [0, 0.05) is 5.38 Å². The van der Waals surface area contributed by atoms with Crippen LogP contribution in [-0.4, -0.2) is 4.98 Å². The van der Waals surface area contributed by atoms with E-state index in [0.717, 1.165) is 36.3 Å². The van der Waals surface area contributed by atoms with Crippen LogP contribution in [0.25, 0.3) is 0 Å². The second kappa shape index (κ2) is 5.03. The van der Waals surface area contributed by atoms with Crippen LogP contribution in [0.5, 0.6) is 0 Å². The number of nitrogens with zero attached hydrogens (tertiary/aromatic N) is 1. The zero-order valence-electron chi connectivity index (χ0n) is 8.32. The normalized spacial score (nSPS) is 10.5. The van der Waals surface area contributed by atoms with E-state index in [9.17, 15) is 4.39 Å². The molecule has 0 bridgehead atoms. The zero-order chi connectivity index (χ0) is 10.5. The van der Waals surface area contributed by atoms with E-state index in [4.69, 9.17) is 0 Å². The molecule has 0 saturated carbocycles. The average molecular weight is 221 g/mol. The van der Waals surface area contributed by atoms with Crippen LogP contribution in [0.2, 0.25) is 0 Å². The van der Waals surface area contributed by atoms with Crippen LogP contribution >= 0.6 is 11.3 Å². The fourth-order valence-electron chi connectivity index (χ4n) is 1.52. The number of benzene rings is 1. The van der Waals surface area contributed by atoms with Crippen molar-refractivity contribution >= 4 is 11.3 Å². The van der Waals surface area contributed by atoms with Gasteiger partial charge in [0.25, 0.3) is 5.26 Å². The highest BCUT2D eigenvalue weighted by Gasteiger charge is 2.00. The van der Waals surface area contributed by atoms with E-state index in [0.29, 0.717) is 0 Å². The van der Waals surface area contributed by atoms with Crippen LogP contribution in [-0.2, 0) is 12.8 Å². The summed E-state index contributed by atoms with van der Waals surface area (Å²) in [6, 6.07) is 10.3. The van der Waals surface area contributed by atoms with Crippen molar-refractivity contribution in [3.05, 3.63) is 52.2 Å². The molecule has 0 aliphatic rings. The summed E-state index contributed by atoms with van der Waals surface area (Å²) in [6.45, 7) is 0. The molecular weight excluding hydrogens is 209 g/mol. The quantitative estimate of drug-likeness (QED) is 0.770. The zero-order valence-corrected chi connectivity index (χ0v) is 9.14. The summed E-state index contributed by atoms with van der Waals surface area (Å²) >= 11 is 1.07. The fourth-order valence-corrected chi connectivity index (χ4v) is 2.09. The van der Waals surface area contributed by atoms with E-state index in [1.165, 1.54) is 5.56 Å². The van der Waals surface area contributed by atoms with Crippen molar-refractivity contribution in [2.45, 2.75) is 19.3 Å². The fraction of sp³-hybridized carbons (Fsp3) is 0.250. The van der Waals surface area contributed by atoms with E-state index in [1.807, 2.05) is 18.2 Å². The number of thiazole rings is 1. The third-order valence-electron chi connectivity index (χ3n) is 2.26. The highest BCUT2D eigenvalue weighted by Crippen LogP contribution is 2.11. The van der Waals surface area contributed by atoms with Gasteiger partial charge in [-0.2, -0.15) is 4.39 Å². The molecule has 0 fully saturated rings. The van der Waals surface area contributed by atoms with Gasteiger partial charge < -0.3 is 0 Å². The maximum atomic E-state index is 12.6. The molecule has 0 saturated heterocycles. The minimum absolute atomic E-state index is 0.329.